The number of halogens is 3. The van der Waals surface area contributed by atoms with E-state index in [-0.39, 0.29) is 11.3 Å². The molecule has 2 N–H and O–H groups in total. The van der Waals surface area contributed by atoms with Crippen molar-refractivity contribution in [3.63, 3.8) is 0 Å². The Bertz CT molecular complexity index is 909. The molecule has 0 radical (unpaired) electrons. The van der Waals surface area contributed by atoms with Gasteiger partial charge in [-0.2, -0.15) is 13.2 Å². The molecule has 0 saturated carbocycles. The summed E-state index contributed by atoms with van der Waals surface area (Å²) in [5, 5.41) is 11.4. The number of carbonyl (C=O) groups excluding carboxylic acids is 1. The van der Waals surface area contributed by atoms with Gasteiger partial charge in [-0.05, 0) is 30.3 Å². The van der Waals surface area contributed by atoms with E-state index in [0.717, 1.165) is 18.2 Å². The molecule has 0 atom stereocenters. The third kappa shape index (κ3) is 4.00. The molecule has 2 aromatic rings. The van der Waals surface area contributed by atoms with E-state index in [1.54, 1.807) is 15.9 Å². The first-order chi connectivity index (χ1) is 13.2. The van der Waals surface area contributed by atoms with Crippen molar-refractivity contribution in [1.29, 1.82) is 0 Å². The number of alkyl halides is 3. The molecular formula is C18H17F3N4O3. The fourth-order valence-corrected chi connectivity index (χ4v) is 3.17. The van der Waals surface area contributed by atoms with Gasteiger partial charge >= 0.3 is 6.18 Å². The van der Waals surface area contributed by atoms with Crippen molar-refractivity contribution in [2.75, 3.05) is 36.0 Å². The van der Waals surface area contributed by atoms with Crippen molar-refractivity contribution < 1.29 is 22.9 Å². The van der Waals surface area contributed by atoms with Crippen LogP contribution in [-0.2, 0) is 6.18 Å². The zero-order valence-corrected chi connectivity index (χ0v) is 14.6. The topological polar surface area (TPSA) is 92.7 Å². The largest absolute Gasteiger partial charge is 0.416 e. The summed E-state index contributed by atoms with van der Waals surface area (Å²) in [7, 11) is 0. The molecule has 10 heteroatoms. The number of carbonyl (C=O) groups is 1. The summed E-state index contributed by atoms with van der Waals surface area (Å²) in [5.41, 5.74) is 5.06. The number of benzene rings is 2. The first kappa shape index (κ1) is 19.5. The lowest BCUT2D eigenvalue weighted by atomic mass is 10.1. The highest BCUT2D eigenvalue weighted by Gasteiger charge is 2.31. The molecule has 28 heavy (non-hydrogen) atoms. The van der Waals surface area contributed by atoms with Gasteiger partial charge in [-0.3, -0.25) is 14.9 Å². The average Bonchev–Trinajstić information content (AvgIpc) is 2.67. The van der Waals surface area contributed by atoms with E-state index in [1.165, 1.54) is 18.2 Å². The summed E-state index contributed by atoms with van der Waals surface area (Å²) in [6.45, 7) is 1.56. The number of nitrogens with zero attached hydrogens (tertiary/aromatic N) is 3. The summed E-state index contributed by atoms with van der Waals surface area (Å²) in [4.78, 5) is 25.6. The Hall–Kier alpha value is -3.30. The molecule has 0 bridgehead atoms. The zero-order valence-electron chi connectivity index (χ0n) is 14.6. The van der Waals surface area contributed by atoms with Crippen LogP contribution in [0.5, 0.6) is 0 Å². The number of anilines is 2. The van der Waals surface area contributed by atoms with E-state index in [2.05, 4.69) is 0 Å². The molecule has 7 nitrogen and oxygen atoms in total. The van der Waals surface area contributed by atoms with Gasteiger partial charge in [-0.15, -0.1) is 0 Å². The fraction of sp³-hybridized carbons (Fsp3) is 0.278. The van der Waals surface area contributed by atoms with Gasteiger partial charge in [-0.1, -0.05) is 6.07 Å². The maximum atomic E-state index is 12.9. The minimum absolute atomic E-state index is 0.0399. The van der Waals surface area contributed by atoms with Gasteiger partial charge in [0.15, 0.2) is 0 Å². The van der Waals surface area contributed by atoms with E-state index >= 15 is 0 Å². The Morgan fingerprint density at radius 3 is 2.25 bits per heavy atom. The monoisotopic (exact) mass is 394 g/mol. The molecule has 1 aliphatic heterocycles. The van der Waals surface area contributed by atoms with E-state index in [9.17, 15) is 28.1 Å². The van der Waals surface area contributed by atoms with Gasteiger partial charge in [0.25, 0.3) is 5.69 Å². The van der Waals surface area contributed by atoms with Crippen LogP contribution in [0.2, 0.25) is 0 Å². The first-order valence-electron chi connectivity index (χ1n) is 8.42. The van der Waals surface area contributed by atoms with Crippen LogP contribution in [0.4, 0.5) is 30.2 Å². The molecular weight excluding hydrogens is 377 g/mol. The van der Waals surface area contributed by atoms with Gasteiger partial charge in [0.1, 0.15) is 5.69 Å². The number of hydrogen-bond donors (Lipinski definition) is 1. The zero-order chi connectivity index (χ0) is 20.5. The van der Waals surface area contributed by atoms with Crippen molar-refractivity contribution in [3.05, 3.63) is 63.7 Å². The number of amides is 1. The number of hydrogen-bond acceptors (Lipinski definition) is 5. The molecule has 1 amide bonds. The quantitative estimate of drug-likeness (QED) is 0.636. The van der Waals surface area contributed by atoms with Gasteiger partial charge in [-0.25, -0.2) is 0 Å². The third-order valence-electron chi connectivity index (χ3n) is 4.62. The van der Waals surface area contributed by atoms with Crippen LogP contribution in [-0.4, -0.2) is 37.0 Å². The number of nitrogens with two attached hydrogens (primary N) is 1. The lowest BCUT2D eigenvalue weighted by Gasteiger charge is -2.37. The van der Waals surface area contributed by atoms with E-state index in [0.29, 0.717) is 37.6 Å². The smallest absolute Gasteiger partial charge is 0.368 e. The molecule has 1 fully saturated rings. The van der Waals surface area contributed by atoms with Gasteiger partial charge in [0, 0.05) is 43.5 Å². The van der Waals surface area contributed by atoms with Crippen LogP contribution in [0.25, 0.3) is 0 Å². The molecule has 0 spiro atoms. The summed E-state index contributed by atoms with van der Waals surface area (Å²) in [5.74, 6) is -0.760. The van der Waals surface area contributed by atoms with Crippen LogP contribution in [0.15, 0.2) is 42.5 Å². The van der Waals surface area contributed by atoms with Crippen LogP contribution in [0.3, 0.4) is 0 Å². The summed E-state index contributed by atoms with van der Waals surface area (Å²) >= 11 is 0. The van der Waals surface area contributed by atoms with Gasteiger partial charge < -0.3 is 15.5 Å². The molecule has 0 unspecified atom stereocenters. The fourth-order valence-electron chi connectivity index (χ4n) is 3.17. The van der Waals surface area contributed by atoms with Crippen LogP contribution in [0.1, 0.15) is 15.9 Å². The minimum atomic E-state index is -4.42. The first-order valence-corrected chi connectivity index (χ1v) is 8.42. The number of nitro benzene ring substituents is 1. The Morgan fingerprint density at radius 1 is 1.04 bits per heavy atom. The Kier molecular flexibility index (Phi) is 5.12. The van der Waals surface area contributed by atoms with Crippen molar-refractivity contribution in [1.82, 2.24) is 0 Å². The van der Waals surface area contributed by atoms with Crippen LogP contribution < -0.4 is 15.5 Å². The summed E-state index contributed by atoms with van der Waals surface area (Å²) < 4.78 is 38.7. The van der Waals surface area contributed by atoms with Crippen LogP contribution in [0, 0.1) is 10.1 Å². The normalized spacial score (nSPS) is 14.8. The Morgan fingerprint density at radius 2 is 1.68 bits per heavy atom. The number of nitro groups is 1. The number of piperazine rings is 1. The number of rotatable bonds is 4. The molecule has 148 valence electrons. The lowest BCUT2D eigenvalue weighted by molar-refractivity contribution is -0.384. The van der Waals surface area contributed by atoms with Crippen molar-refractivity contribution in [2.45, 2.75) is 6.18 Å². The second kappa shape index (κ2) is 7.37. The lowest BCUT2D eigenvalue weighted by Crippen LogP contribution is -2.46. The number of primary amides is 1. The Balaban J connectivity index is 1.78. The second-order valence-electron chi connectivity index (χ2n) is 6.35. The van der Waals surface area contributed by atoms with Crippen LogP contribution >= 0.6 is 0 Å². The standard InChI is InChI=1S/C18H17F3N4O3/c19-18(20,21)13-2-1-3-14(11-13)23-6-8-24(9-7-23)15-5-4-12(17(22)26)10-16(15)25(27)28/h1-5,10-11H,6-9H2,(H2,22,26). The molecule has 1 saturated heterocycles. The van der Waals surface area contributed by atoms with Crippen molar-refractivity contribution >= 4 is 23.0 Å². The highest BCUT2D eigenvalue weighted by molar-refractivity contribution is 5.94. The average molecular weight is 394 g/mol. The summed E-state index contributed by atoms with van der Waals surface area (Å²) in [6, 6.07) is 9.11. The molecule has 0 aromatic heterocycles. The molecule has 1 heterocycles. The maximum absolute atomic E-state index is 12.9. The highest BCUT2D eigenvalue weighted by Crippen LogP contribution is 2.33. The van der Waals surface area contributed by atoms with E-state index in [1.807, 2.05) is 0 Å². The predicted molar refractivity (Wildman–Crippen MR) is 97.5 cm³/mol. The van der Waals surface area contributed by atoms with Gasteiger partial charge in [0.05, 0.1) is 10.5 Å². The molecule has 0 aliphatic carbocycles. The van der Waals surface area contributed by atoms with E-state index < -0.39 is 22.6 Å². The minimum Gasteiger partial charge on any atom is -0.368 e. The Labute approximate surface area is 158 Å². The van der Waals surface area contributed by atoms with Crippen molar-refractivity contribution in [2.24, 2.45) is 5.73 Å². The SMILES string of the molecule is NC(=O)c1ccc(N2CCN(c3cccc(C(F)(F)F)c3)CC2)c([N+](=O)[O-])c1. The molecule has 3 rings (SSSR count). The third-order valence-corrected chi connectivity index (χ3v) is 4.62. The molecule has 1 aliphatic rings. The van der Waals surface area contributed by atoms with E-state index in [4.69, 9.17) is 5.73 Å². The van der Waals surface area contributed by atoms with Gasteiger partial charge in [0.2, 0.25) is 5.91 Å². The maximum Gasteiger partial charge on any atom is 0.416 e. The second-order valence-corrected chi connectivity index (χ2v) is 6.35. The highest BCUT2D eigenvalue weighted by atomic mass is 19.4. The molecule has 2 aromatic carbocycles. The predicted octanol–water partition coefficient (Wildman–Crippen LogP) is 3.04. The van der Waals surface area contributed by atoms with Crippen molar-refractivity contribution in [3.8, 4) is 0 Å². The summed E-state index contributed by atoms with van der Waals surface area (Å²) in [6.07, 6.45) is -4.42.